The van der Waals surface area contributed by atoms with Gasteiger partial charge in [0.05, 0.1) is 0 Å². The Hall–Kier alpha value is 0.500. The van der Waals surface area contributed by atoms with Crippen molar-refractivity contribution in [1.29, 1.82) is 0 Å². The van der Waals surface area contributed by atoms with E-state index in [4.69, 9.17) is 5.73 Å². The molecule has 0 amide bonds. The maximum atomic E-state index is 5.45. The van der Waals surface area contributed by atoms with Gasteiger partial charge in [-0.1, -0.05) is 90.4 Å². The smallest absolute Gasteiger partial charge is 0.00369 e. The first-order valence-electron chi connectivity index (χ1n) is 9.82. The van der Waals surface area contributed by atoms with Crippen LogP contribution in [-0.4, -0.2) is 19.6 Å². The van der Waals surface area contributed by atoms with Crippen LogP contribution in [0.3, 0.4) is 0 Å². The van der Waals surface area contributed by atoms with Gasteiger partial charge in [0.1, 0.15) is 0 Å². The lowest BCUT2D eigenvalue weighted by Crippen LogP contribution is -2.19. The average Bonchev–Trinajstić information content (AvgIpc) is 2.50. The number of hydrogen-bond acceptors (Lipinski definition) is 2. The highest BCUT2D eigenvalue weighted by molar-refractivity contribution is 5.85. The molecule has 2 nitrogen and oxygen atoms in total. The number of halogens is 2. The van der Waals surface area contributed by atoms with Crippen LogP contribution in [0.5, 0.6) is 0 Å². The second kappa shape index (κ2) is 27.4. The fourth-order valence-electron chi connectivity index (χ4n) is 2.80. The lowest BCUT2D eigenvalue weighted by molar-refractivity contribution is 0.529. The van der Waals surface area contributed by atoms with E-state index in [1.54, 1.807) is 0 Å². The van der Waals surface area contributed by atoms with Gasteiger partial charge in [0.2, 0.25) is 0 Å². The quantitative estimate of drug-likeness (QED) is 0.280. The van der Waals surface area contributed by atoms with Crippen LogP contribution in [0.2, 0.25) is 0 Å². The minimum Gasteiger partial charge on any atom is -0.330 e. The van der Waals surface area contributed by atoms with Gasteiger partial charge in [-0.25, -0.2) is 0 Å². The van der Waals surface area contributed by atoms with Gasteiger partial charge in [-0.2, -0.15) is 0 Å². The Morgan fingerprint density at radius 2 is 0.870 bits per heavy atom. The third-order valence-electron chi connectivity index (χ3n) is 4.26. The zero-order valence-corrected chi connectivity index (χ0v) is 17.3. The molecule has 0 atom stereocenters. The van der Waals surface area contributed by atoms with Crippen LogP contribution in [0.4, 0.5) is 0 Å². The number of nitrogens with one attached hydrogen (secondary N) is 1. The highest BCUT2D eigenvalue weighted by atomic mass is 35.5. The molecule has 0 rings (SSSR count). The van der Waals surface area contributed by atoms with E-state index in [1.165, 1.54) is 96.4 Å². The number of hydrogen-bond donors (Lipinski definition) is 2. The molecule has 0 aliphatic rings. The molecular formula is C19H44Cl2N2. The van der Waals surface area contributed by atoms with Crippen LogP contribution < -0.4 is 11.1 Å². The van der Waals surface area contributed by atoms with Crippen LogP contribution >= 0.6 is 24.8 Å². The van der Waals surface area contributed by atoms with E-state index in [9.17, 15) is 0 Å². The molecule has 0 fully saturated rings. The third kappa shape index (κ3) is 27.6. The summed E-state index contributed by atoms with van der Waals surface area (Å²) in [6.07, 6.45) is 21.2. The molecule has 0 aliphatic carbocycles. The van der Waals surface area contributed by atoms with Crippen LogP contribution in [0.15, 0.2) is 0 Å². The molecular weight excluding hydrogens is 327 g/mol. The number of nitrogens with two attached hydrogens (primary N) is 1. The molecule has 144 valence electrons. The van der Waals surface area contributed by atoms with Gasteiger partial charge >= 0.3 is 0 Å². The minimum atomic E-state index is 0. The summed E-state index contributed by atoms with van der Waals surface area (Å²) < 4.78 is 0. The van der Waals surface area contributed by atoms with Crippen molar-refractivity contribution < 1.29 is 0 Å². The van der Waals surface area contributed by atoms with Crippen LogP contribution in [0.1, 0.15) is 103 Å². The van der Waals surface area contributed by atoms with E-state index in [0.717, 1.165) is 19.5 Å². The van der Waals surface area contributed by atoms with Gasteiger partial charge < -0.3 is 11.1 Å². The molecule has 0 unspecified atom stereocenters. The first kappa shape index (κ1) is 28.3. The van der Waals surface area contributed by atoms with Gasteiger partial charge in [0.15, 0.2) is 0 Å². The van der Waals surface area contributed by atoms with Crippen molar-refractivity contribution in [3.63, 3.8) is 0 Å². The third-order valence-corrected chi connectivity index (χ3v) is 4.26. The Morgan fingerprint density at radius 1 is 0.522 bits per heavy atom. The molecule has 4 heteroatoms. The highest BCUT2D eigenvalue weighted by Crippen LogP contribution is 2.12. The normalized spacial score (nSPS) is 10.2. The van der Waals surface area contributed by atoms with E-state index >= 15 is 0 Å². The summed E-state index contributed by atoms with van der Waals surface area (Å²) in [6.45, 7) is 5.37. The average molecular weight is 371 g/mol. The lowest BCUT2D eigenvalue weighted by Gasteiger charge is -2.04. The molecule has 0 saturated heterocycles. The molecule has 0 bridgehead atoms. The maximum Gasteiger partial charge on any atom is -0.00369 e. The molecule has 0 spiro atoms. The zero-order valence-electron chi connectivity index (χ0n) is 15.6. The number of unbranched alkanes of at least 4 members (excludes halogenated alkanes) is 13. The summed E-state index contributed by atoms with van der Waals surface area (Å²) in [5, 5.41) is 3.45. The largest absolute Gasteiger partial charge is 0.330 e. The van der Waals surface area contributed by atoms with E-state index in [0.29, 0.717) is 0 Å². The van der Waals surface area contributed by atoms with Gasteiger partial charge in [-0.05, 0) is 32.5 Å². The standard InChI is InChI=1S/C19H42N2.2ClH/c1-2-3-4-5-6-7-8-9-10-11-12-13-14-15-18-21-19-16-17-20;;/h21H,2-20H2,1H3;2*1H. The van der Waals surface area contributed by atoms with E-state index < -0.39 is 0 Å². The molecule has 0 aliphatic heterocycles. The molecule has 0 heterocycles. The lowest BCUT2D eigenvalue weighted by atomic mass is 10.0. The Kier molecular flexibility index (Phi) is 33.7. The molecule has 0 saturated carbocycles. The van der Waals surface area contributed by atoms with Gasteiger partial charge in [-0.3, -0.25) is 0 Å². The van der Waals surface area contributed by atoms with Gasteiger partial charge in [0.25, 0.3) is 0 Å². The molecule has 0 aromatic rings. The second-order valence-electron chi connectivity index (χ2n) is 6.49. The van der Waals surface area contributed by atoms with Crippen molar-refractivity contribution in [2.24, 2.45) is 5.73 Å². The SMILES string of the molecule is CCCCCCCCCCCCCCCCNCCCN.Cl.Cl. The Bertz CT molecular complexity index is 163. The Morgan fingerprint density at radius 3 is 1.26 bits per heavy atom. The fraction of sp³-hybridized carbons (Fsp3) is 1.00. The monoisotopic (exact) mass is 370 g/mol. The van der Waals surface area contributed by atoms with Crippen LogP contribution in [-0.2, 0) is 0 Å². The van der Waals surface area contributed by atoms with Crippen molar-refractivity contribution in [2.75, 3.05) is 19.6 Å². The van der Waals surface area contributed by atoms with Crippen LogP contribution in [0, 0.1) is 0 Å². The zero-order chi connectivity index (χ0) is 15.4. The van der Waals surface area contributed by atoms with Crippen molar-refractivity contribution in [3.8, 4) is 0 Å². The molecule has 0 radical (unpaired) electrons. The van der Waals surface area contributed by atoms with E-state index in [-0.39, 0.29) is 24.8 Å². The highest BCUT2D eigenvalue weighted by Gasteiger charge is 1.94. The predicted molar refractivity (Wildman–Crippen MR) is 111 cm³/mol. The maximum absolute atomic E-state index is 5.45. The fourth-order valence-corrected chi connectivity index (χ4v) is 2.80. The molecule has 23 heavy (non-hydrogen) atoms. The Labute approximate surface area is 159 Å². The summed E-state index contributed by atoms with van der Waals surface area (Å²) in [7, 11) is 0. The van der Waals surface area contributed by atoms with Gasteiger partial charge in [0, 0.05) is 0 Å². The summed E-state index contributed by atoms with van der Waals surface area (Å²) in [5.74, 6) is 0. The first-order chi connectivity index (χ1) is 10.4. The number of rotatable bonds is 18. The predicted octanol–water partition coefficient (Wildman–Crippen LogP) is 6.25. The molecule has 0 aromatic heterocycles. The second-order valence-corrected chi connectivity index (χ2v) is 6.49. The topological polar surface area (TPSA) is 38.0 Å². The summed E-state index contributed by atoms with van der Waals surface area (Å²) in [6, 6.07) is 0. The van der Waals surface area contributed by atoms with E-state index in [2.05, 4.69) is 12.2 Å². The summed E-state index contributed by atoms with van der Waals surface area (Å²) in [4.78, 5) is 0. The van der Waals surface area contributed by atoms with E-state index in [1.807, 2.05) is 0 Å². The van der Waals surface area contributed by atoms with Gasteiger partial charge in [-0.15, -0.1) is 24.8 Å². The van der Waals surface area contributed by atoms with Crippen LogP contribution in [0.25, 0.3) is 0 Å². The van der Waals surface area contributed by atoms with Crippen molar-refractivity contribution in [1.82, 2.24) is 5.32 Å². The van der Waals surface area contributed by atoms with Crippen molar-refractivity contribution >= 4 is 24.8 Å². The summed E-state index contributed by atoms with van der Waals surface area (Å²) >= 11 is 0. The minimum absolute atomic E-state index is 0. The summed E-state index contributed by atoms with van der Waals surface area (Å²) in [5.41, 5.74) is 5.45. The Balaban J connectivity index is -0.00000200. The first-order valence-corrected chi connectivity index (χ1v) is 9.82. The molecule has 0 aromatic carbocycles. The van der Waals surface area contributed by atoms with Crippen molar-refractivity contribution in [3.05, 3.63) is 0 Å². The van der Waals surface area contributed by atoms with Crippen molar-refractivity contribution in [2.45, 2.75) is 103 Å². The molecule has 3 N–H and O–H groups in total.